The lowest BCUT2D eigenvalue weighted by Crippen LogP contribution is -2.16. The number of fused-ring (bicyclic) bond motifs is 1. The molecule has 3 rings (SSSR count). The molecule has 0 aliphatic rings. The van der Waals surface area contributed by atoms with Crippen LogP contribution in [0.4, 0.5) is 0 Å². The first-order valence-electron chi connectivity index (χ1n) is 6.60. The van der Waals surface area contributed by atoms with Crippen LogP contribution in [0.25, 0.3) is 22.3 Å². The van der Waals surface area contributed by atoms with Gasteiger partial charge in [0.1, 0.15) is 5.69 Å². The van der Waals surface area contributed by atoms with E-state index in [2.05, 4.69) is 15.1 Å². The lowest BCUT2D eigenvalue weighted by Gasteiger charge is -2.09. The molecule has 0 aliphatic carbocycles. The van der Waals surface area contributed by atoms with Crippen molar-refractivity contribution >= 4 is 23.2 Å². The number of benzene rings is 1. The summed E-state index contributed by atoms with van der Waals surface area (Å²) in [5, 5.41) is 6.11. The van der Waals surface area contributed by atoms with Crippen molar-refractivity contribution in [2.45, 2.75) is 19.9 Å². The highest BCUT2D eigenvalue weighted by Gasteiger charge is 2.19. The molecule has 0 spiro atoms. The molecule has 0 radical (unpaired) electrons. The van der Waals surface area contributed by atoms with Gasteiger partial charge in [-0.2, -0.15) is 4.98 Å². The SMILES string of the molecule is CC(C)[C@H](N)c1nc(-c2nccc3ccccc23)no1.Cl. The summed E-state index contributed by atoms with van der Waals surface area (Å²) < 4.78 is 5.26. The lowest BCUT2D eigenvalue weighted by atomic mass is 10.1. The van der Waals surface area contributed by atoms with E-state index in [9.17, 15) is 0 Å². The van der Waals surface area contributed by atoms with E-state index in [1.807, 2.05) is 44.2 Å². The van der Waals surface area contributed by atoms with Crippen molar-refractivity contribution in [3.63, 3.8) is 0 Å². The van der Waals surface area contributed by atoms with Crippen molar-refractivity contribution in [3.05, 3.63) is 42.4 Å². The van der Waals surface area contributed by atoms with E-state index in [-0.39, 0.29) is 24.4 Å². The van der Waals surface area contributed by atoms with Gasteiger partial charge in [0.05, 0.1) is 6.04 Å². The number of rotatable bonds is 3. The minimum absolute atomic E-state index is 0. The molecule has 0 saturated carbocycles. The van der Waals surface area contributed by atoms with Crippen LogP contribution in [0, 0.1) is 5.92 Å². The topological polar surface area (TPSA) is 77.8 Å². The Balaban J connectivity index is 0.00000161. The average molecular weight is 305 g/mol. The maximum absolute atomic E-state index is 6.03. The van der Waals surface area contributed by atoms with Gasteiger partial charge in [-0.25, -0.2) is 0 Å². The molecule has 0 amide bonds. The quantitative estimate of drug-likeness (QED) is 0.802. The van der Waals surface area contributed by atoms with E-state index < -0.39 is 0 Å². The molecular formula is C15H17ClN4O. The van der Waals surface area contributed by atoms with Crippen LogP contribution < -0.4 is 5.73 Å². The van der Waals surface area contributed by atoms with Crippen LogP contribution >= 0.6 is 12.4 Å². The van der Waals surface area contributed by atoms with Gasteiger partial charge in [0.25, 0.3) is 0 Å². The molecule has 21 heavy (non-hydrogen) atoms. The van der Waals surface area contributed by atoms with Gasteiger partial charge in [0, 0.05) is 11.6 Å². The molecule has 5 nitrogen and oxygen atoms in total. The van der Waals surface area contributed by atoms with Crippen LogP contribution in [-0.2, 0) is 0 Å². The van der Waals surface area contributed by atoms with Crippen LogP contribution in [0.1, 0.15) is 25.8 Å². The summed E-state index contributed by atoms with van der Waals surface area (Å²) in [7, 11) is 0. The second-order valence-electron chi connectivity index (χ2n) is 5.11. The third-order valence-corrected chi connectivity index (χ3v) is 3.33. The average Bonchev–Trinajstić information content (AvgIpc) is 2.95. The lowest BCUT2D eigenvalue weighted by molar-refractivity contribution is 0.325. The number of pyridine rings is 1. The number of nitrogens with two attached hydrogens (primary N) is 1. The summed E-state index contributed by atoms with van der Waals surface area (Å²) in [4.78, 5) is 8.76. The molecule has 2 heterocycles. The highest BCUT2D eigenvalue weighted by molar-refractivity contribution is 5.92. The van der Waals surface area contributed by atoms with E-state index in [0.29, 0.717) is 17.4 Å². The maximum Gasteiger partial charge on any atom is 0.244 e. The second-order valence-corrected chi connectivity index (χ2v) is 5.11. The normalized spacial score (nSPS) is 12.4. The fourth-order valence-electron chi connectivity index (χ4n) is 2.05. The van der Waals surface area contributed by atoms with Crippen molar-refractivity contribution in [3.8, 4) is 11.5 Å². The zero-order valence-electron chi connectivity index (χ0n) is 11.9. The summed E-state index contributed by atoms with van der Waals surface area (Å²) in [6.07, 6.45) is 1.75. The second kappa shape index (κ2) is 6.20. The molecule has 6 heteroatoms. The first kappa shape index (κ1) is 15.4. The van der Waals surface area contributed by atoms with E-state index >= 15 is 0 Å². The van der Waals surface area contributed by atoms with Gasteiger partial charge in [-0.05, 0) is 17.4 Å². The Hall–Kier alpha value is -1.98. The first-order chi connectivity index (χ1) is 9.66. The largest absolute Gasteiger partial charge is 0.337 e. The first-order valence-corrected chi connectivity index (χ1v) is 6.60. The van der Waals surface area contributed by atoms with Crippen molar-refractivity contribution in [1.82, 2.24) is 15.1 Å². The molecule has 3 aromatic rings. The highest BCUT2D eigenvalue weighted by Crippen LogP contribution is 2.26. The van der Waals surface area contributed by atoms with Crippen molar-refractivity contribution < 1.29 is 4.52 Å². The zero-order valence-corrected chi connectivity index (χ0v) is 12.7. The smallest absolute Gasteiger partial charge is 0.244 e. The third-order valence-electron chi connectivity index (χ3n) is 3.33. The number of nitrogens with zero attached hydrogens (tertiary/aromatic N) is 3. The molecule has 1 atom stereocenters. The van der Waals surface area contributed by atoms with Crippen molar-refractivity contribution in [1.29, 1.82) is 0 Å². The molecule has 2 aromatic heterocycles. The van der Waals surface area contributed by atoms with E-state index in [4.69, 9.17) is 10.3 Å². The van der Waals surface area contributed by atoms with E-state index in [0.717, 1.165) is 10.8 Å². The number of aromatic nitrogens is 3. The maximum atomic E-state index is 6.03. The van der Waals surface area contributed by atoms with Crippen LogP contribution in [0.3, 0.4) is 0 Å². The monoisotopic (exact) mass is 304 g/mol. The Morgan fingerprint density at radius 3 is 2.67 bits per heavy atom. The van der Waals surface area contributed by atoms with Crippen LogP contribution in [0.2, 0.25) is 0 Å². The molecule has 110 valence electrons. The Morgan fingerprint density at radius 2 is 1.90 bits per heavy atom. The predicted molar refractivity (Wildman–Crippen MR) is 84.0 cm³/mol. The highest BCUT2D eigenvalue weighted by atomic mass is 35.5. The number of hydrogen-bond acceptors (Lipinski definition) is 5. The zero-order chi connectivity index (χ0) is 14.1. The predicted octanol–water partition coefficient (Wildman–Crippen LogP) is 3.36. The summed E-state index contributed by atoms with van der Waals surface area (Å²) in [5.74, 6) is 1.17. The van der Waals surface area contributed by atoms with E-state index in [1.54, 1.807) is 6.20 Å². The van der Waals surface area contributed by atoms with Gasteiger partial charge in [-0.15, -0.1) is 12.4 Å². The van der Waals surface area contributed by atoms with Gasteiger partial charge < -0.3 is 10.3 Å². The van der Waals surface area contributed by atoms with Gasteiger partial charge >= 0.3 is 0 Å². The molecule has 0 fully saturated rings. The fraction of sp³-hybridized carbons (Fsp3) is 0.267. The molecule has 0 saturated heterocycles. The molecule has 2 N–H and O–H groups in total. The summed E-state index contributed by atoms with van der Waals surface area (Å²) in [6.45, 7) is 4.04. The van der Waals surface area contributed by atoms with Gasteiger partial charge in [-0.3, -0.25) is 4.98 Å². The van der Waals surface area contributed by atoms with E-state index in [1.165, 1.54) is 0 Å². The van der Waals surface area contributed by atoms with Gasteiger partial charge in [-0.1, -0.05) is 43.3 Å². The number of halogens is 1. The minimum Gasteiger partial charge on any atom is -0.337 e. The summed E-state index contributed by atoms with van der Waals surface area (Å²) >= 11 is 0. The van der Waals surface area contributed by atoms with Crippen LogP contribution in [0.15, 0.2) is 41.1 Å². The fourth-order valence-corrected chi connectivity index (χ4v) is 2.05. The molecule has 0 aliphatic heterocycles. The summed E-state index contributed by atoms with van der Waals surface area (Å²) in [5.41, 5.74) is 6.74. The molecule has 0 bridgehead atoms. The minimum atomic E-state index is -0.258. The Bertz CT molecular complexity index is 736. The van der Waals surface area contributed by atoms with Crippen molar-refractivity contribution in [2.24, 2.45) is 11.7 Å². The van der Waals surface area contributed by atoms with Crippen LogP contribution in [-0.4, -0.2) is 15.1 Å². The summed E-state index contributed by atoms with van der Waals surface area (Å²) in [6, 6.07) is 9.68. The standard InChI is InChI=1S/C15H16N4O.ClH/c1-9(2)12(16)15-18-14(19-20-15)13-11-6-4-3-5-10(11)7-8-17-13;/h3-9,12H,16H2,1-2H3;1H/t12-;/m0./s1. The van der Waals surface area contributed by atoms with Gasteiger partial charge in [0.2, 0.25) is 11.7 Å². The van der Waals surface area contributed by atoms with Crippen LogP contribution in [0.5, 0.6) is 0 Å². The van der Waals surface area contributed by atoms with Crippen molar-refractivity contribution in [2.75, 3.05) is 0 Å². The molecule has 0 unspecified atom stereocenters. The Labute approximate surface area is 129 Å². The third kappa shape index (κ3) is 2.89. The number of hydrogen-bond donors (Lipinski definition) is 1. The van der Waals surface area contributed by atoms with Gasteiger partial charge in [0.15, 0.2) is 0 Å². The molecule has 1 aromatic carbocycles. The Kier molecular flexibility index (Phi) is 4.55. The Morgan fingerprint density at radius 1 is 1.14 bits per heavy atom. The molecular weight excluding hydrogens is 288 g/mol.